The van der Waals surface area contributed by atoms with Crippen molar-refractivity contribution in [3.63, 3.8) is 0 Å². The van der Waals surface area contributed by atoms with Gasteiger partial charge >= 0.3 is 0 Å². The summed E-state index contributed by atoms with van der Waals surface area (Å²) in [7, 11) is 1.60. The normalized spacial score (nSPS) is 14.1. The van der Waals surface area contributed by atoms with Crippen LogP contribution in [0.4, 0.5) is 0 Å². The average molecular weight is 283 g/mol. The molecule has 0 radical (unpaired) electrons. The molecule has 2 atom stereocenters. The van der Waals surface area contributed by atoms with E-state index in [1.807, 2.05) is 32.0 Å². The Bertz CT molecular complexity index is 384. The van der Waals surface area contributed by atoms with Crippen LogP contribution in [0.25, 0.3) is 0 Å². The van der Waals surface area contributed by atoms with Gasteiger partial charge in [-0.15, -0.1) is 0 Å². The van der Waals surface area contributed by atoms with Crippen LogP contribution in [0.2, 0.25) is 0 Å². The number of hydrogen-bond donors (Lipinski definition) is 3. The summed E-state index contributed by atoms with van der Waals surface area (Å²) in [5.74, 6) is 1.69. The number of rotatable bonds is 9. The molecule has 0 spiro atoms. The van der Waals surface area contributed by atoms with Gasteiger partial charge < -0.3 is 25.0 Å². The maximum absolute atomic E-state index is 9.86. The molecule has 0 fully saturated rings. The zero-order valence-electron chi connectivity index (χ0n) is 12.4. The highest BCUT2D eigenvalue weighted by Gasteiger charge is 2.13. The molecule has 0 saturated heterocycles. The van der Waals surface area contributed by atoms with E-state index in [1.165, 1.54) is 0 Å². The Morgan fingerprint density at radius 2 is 1.95 bits per heavy atom. The fourth-order valence-electron chi connectivity index (χ4n) is 1.74. The van der Waals surface area contributed by atoms with E-state index in [-0.39, 0.29) is 19.3 Å². The Balaban J connectivity index is 2.33. The maximum atomic E-state index is 9.86. The van der Waals surface area contributed by atoms with Crippen molar-refractivity contribution in [3.05, 3.63) is 24.3 Å². The fraction of sp³-hybridized carbons (Fsp3) is 0.600. The molecule has 3 N–H and O–H groups in total. The van der Waals surface area contributed by atoms with Crippen molar-refractivity contribution in [2.75, 3.05) is 26.9 Å². The Labute approximate surface area is 120 Å². The average Bonchev–Trinajstić information content (AvgIpc) is 2.45. The Morgan fingerprint density at radius 3 is 2.55 bits per heavy atom. The van der Waals surface area contributed by atoms with Crippen molar-refractivity contribution in [2.45, 2.75) is 26.0 Å². The molecule has 1 aromatic carbocycles. The van der Waals surface area contributed by atoms with E-state index in [1.54, 1.807) is 13.2 Å². The zero-order valence-corrected chi connectivity index (χ0v) is 12.4. The molecule has 1 unspecified atom stereocenters. The summed E-state index contributed by atoms with van der Waals surface area (Å²) in [5, 5.41) is 22.2. The van der Waals surface area contributed by atoms with Crippen molar-refractivity contribution in [1.29, 1.82) is 0 Å². The lowest BCUT2D eigenvalue weighted by atomic mass is 10.1. The monoisotopic (exact) mass is 283 g/mol. The van der Waals surface area contributed by atoms with Gasteiger partial charge in [0.15, 0.2) is 0 Å². The third kappa shape index (κ3) is 5.77. The van der Waals surface area contributed by atoms with Crippen molar-refractivity contribution in [3.8, 4) is 11.5 Å². The first kappa shape index (κ1) is 16.8. The first-order valence-electron chi connectivity index (χ1n) is 6.86. The van der Waals surface area contributed by atoms with E-state index in [9.17, 15) is 10.2 Å². The molecule has 0 aromatic heterocycles. The zero-order chi connectivity index (χ0) is 15.0. The lowest BCUT2D eigenvalue weighted by Crippen LogP contribution is -2.42. The summed E-state index contributed by atoms with van der Waals surface area (Å²) in [6.45, 7) is 4.67. The standard InChI is InChI=1S/C15H25NO4/c1-11(2)15(9-17)16-8-12(18)10-20-14-6-4-5-13(7-14)19-3/h4-7,11-12,15-18H,8-10H2,1-3H3/t12?,15-/m1/s1. The van der Waals surface area contributed by atoms with Crippen LogP contribution in [0.1, 0.15) is 13.8 Å². The van der Waals surface area contributed by atoms with Gasteiger partial charge in [0.05, 0.1) is 13.7 Å². The number of ether oxygens (including phenoxy) is 2. The molecule has 20 heavy (non-hydrogen) atoms. The molecule has 0 aliphatic carbocycles. The Morgan fingerprint density at radius 1 is 1.25 bits per heavy atom. The first-order valence-corrected chi connectivity index (χ1v) is 6.86. The quantitative estimate of drug-likeness (QED) is 0.632. The van der Waals surface area contributed by atoms with E-state index >= 15 is 0 Å². The molecule has 0 aliphatic heterocycles. The van der Waals surface area contributed by atoms with Crippen molar-refractivity contribution < 1.29 is 19.7 Å². The second kappa shape index (κ2) is 8.79. The number of methoxy groups -OCH3 is 1. The topological polar surface area (TPSA) is 71.0 Å². The fourth-order valence-corrected chi connectivity index (χ4v) is 1.74. The van der Waals surface area contributed by atoms with Crippen LogP contribution in [0.15, 0.2) is 24.3 Å². The van der Waals surface area contributed by atoms with E-state index in [0.29, 0.717) is 18.2 Å². The number of aliphatic hydroxyl groups is 2. The Kier molecular flexibility index (Phi) is 7.36. The van der Waals surface area contributed by atoms with Gasteiger partial charge in [-0.2, -0.15) is 0 Å². The SMILES string of the molecule is COc1cccc(OCC(O)CN[C@H](CO)C(C)C)c1. The number of hydrogen-bond acceptors (Lipinski definition) is 5. The first-order chi connectivity index (χ1) is 9.56. The van der Waals surface area contributed by atoms with Crippen molar-refractivity contribution in [1.82, 2.24) is 5.32 Å². The summed E-state index contributed by atoms with van der Waals surface area (Å²) in [5.41, 5.74) is 0. The molecule has 5 heteroatoms. The molecule has 0 saturated carbocycles. The second-order valence-electron chi connectivity index (χ2n) is 5.09. The van der Waals surface area contributed by atoms with Crippen molar-refractivity contribution >= 4 is 0 Å². The molecule has 0 amide bonds. The third-order valence-corrected chi connectivity index (χ3v) is 3.10. The van der Waals surface area contributed by atoms with Gasteiger partial charge in [-0.1, -0.05) is 19.9 Å². The third-order valence-electron chi connectivity index (χ3n) is 3.10. The Hall–Kier alpha value is -1.30. The van der Waals surface area contributed by atoms with Crippen LogP contribution < -0.4 is 14.8 Å². The van der Waals surface area contributed by atoms with Gasteiger partial charge in [0.1, 0.15) is 24.2 Å². The van der Waals surface area contributed by atoms with E-state index in [0.717, 1.165) is 5.75 Å². The summed E-state index contributed by atoms with van der Waals surface area (Å²) >= 11 is 0. The van der Waals surface area contributed by atoms with E-state index < -0.39 is 6.10 Å². The van der Waals surface area contributed by atoms with Gasteiger partial charge in [-0.25, -0.2) is 0 Å². The molecule has 5 nitrogen and oxygen atoms in total. The summed E-state index contributed by atoms with van der Waals surface area (Å²) in [6.07, 6.45) is -0.631. The highest BCUT2D eigenvalue weighted by Crippen LogP contribution is 2.18. The lowest BCUT2D eigenvalue weighted by molar-refractivity contribution is 0.0960. The molecule has 0 aliphatic rings. The number of aliphatic hydroxyl groups excluding tert-OH is 2. The van der Waals surface area contributed by atoms with E-state index in [4.69, 9.17) is 9.47 Å². The molecule has 1 aromatic rings. The minimum absolute atomic E-state index is 0.0125. The van der Waals surface area contributed by atoms with Gasteiger partial charge in [0.2, 0.25) is 0 Å². The molecular weight excluding hydrogens is 258 g/mol. The highest BCUT2D eigenvalue weighted by atomic mass is 16.5. The van der Waals surface area contributed by atoms with Gasteiger partial charge in [0, 0.05) is 18.7 Å². The maximum Gasteiger partial charge on any atom is 0.123 e. The smallest absolute Gasteiger partial charge is 0.123 e. The van der Waals surface area contributed by atoms with Crippen LogP contribution >= 0.6 is 0 Å². The van der Waals surface area contributed by atoms with E-state index in [2.05, 4.69) is 5.32 Å². The summed E-state index contributed by atoms with van der Waals surface area (Å²) in [6, 6.07) is 7.23. The molecule has 1 rings (SSSR count). The van der Waals surface area contributed by atoms with Crippen LogP contribution in [0, 0.1) is 5.92 Å². The predicted molar refractivity (Wildman–Crippen MR) is 78.2 cm³/mol. The van der Waals surface area contributed by atoms with Crippen LogP contribution in [0.3, 0.4) is 0 Å². The van der Waals surface area contributed by atoms with Crippen LogP contribution in [-0.2, 0) is 0 Å². The minimum atomic E-state index is -0.631. The summed E-state index contributed by atoms with van der Waals surface area (Å²) < 4.78 is 10.6. The van der Waals surface area contributed by atoms with Crippen LogP contribution in [-0.4, -0.2) is 49.2 Å². The van der Waals surface area contributed by atoms with Gasteiger partial charge in [-0.05, 0) is 18.1 Å². The van der Waals surface area contributed by atoms with Gasteiger partial charge in [-0.3, -0.25) is 0 Å². The molecule has 114 valence electrons. The molecular formula is C15H25NO4. The summed E-state index contributed by atoms with van der Waals surface area (Å²) in [4.78, 5) is 0. The van der Waals surface area contributed by atoms with Crippen molar-refractivity contribution in [2.24, 2.45) is 5.92 Å². The number of benzene rings is 1. The number of nitrogens with one attached hydrogen (secondary N) is 1. The minimum Gasteiger partial charge on any atom is -0.497 e. The largest absolute Gasteiger partial charge is 0.497 e. The molecule has 0 heterocycles. The second-order valence-corrected chi connectivity index (χ2v) is 5.09. The highest BCUT2D eigenvalue weighted by molar-refractivity contribution is 5.32. The van der Waals surface area contributed by atoms with Gasteiger partial charge in [0.25, 0.3) is 0 Å². The predicted octanol–water partition coefficient (Wildman–Crippen LogP) is 1.04. The van der Waals surface area contributed by atoms with Crippen LogP contribution in [0.5, 0.6) is 11.5 Å². The molecule has 0 bridgehead atoms. The lowest BCUT2D eigenvalue weighted by Gasteiger charge is -2.22.